The van der Waals surface area contributed by atoms with Gasteiger partial charge in [-0.1, -0.05) is 17.7 Å². The van der Waals surface area contributed by atoms with Crippen molar-refractivity contribution in [1.29, 1.82) is 0 Å². The number of benzene rings is 1. The van der Waals surface area contributed by atoms with Crippen LogP contribution in [0.5, 0.6) is 0 Å². The summed E-state index contributed by atoms with van der Waals surface area (Å²) in [6, 6.07) is 5.46. The zero-order valence-electron chi connectivity index (χ0n) is 8.17. The maximum absolute atomic E-state index is 10.8. The number of rotatable bonds is 1. The molecule has 3 heteroatoms. The second-order valence-corrected chi connectivity index (χ2v) is 4.55. The molecule has 0 amide bonds. The van der Waals surface area contributed by atoms with Crippen LogP contribution >= 0.6 is 11.6 Å². The van der Waals surface area contributed by atoms with Crippen LogP contribution in [0.2, 0.25) is 5.02 Å². The Morgan fingerprint density at radius 1 is 1.50 bits per heavy atom. The highest BCUT2D eigenvalue weighted by Gasteiger charge is 2.35. The van der Waals surface area contributed by atoms with Crippen LogP contribution in [0.1, 0.15) is 31.0 Å². The standard InChI is InChI=1S/C11H12ClNO/c1-11(2)9-5-7(12)3-4-8(9)10(6-14)13-11/h3-6,10,13H,1-2H3. The molecule has 1 unspecified atom stereocenters. The zero-order chi connectivity index (χ0) is 10.3. The van der Waals surface area contributed by atoms with E-state index in [0.717, 1.165) is 17.4 Å². The lowest BCUT2D eigenvalue weighted by Gasteiger charge is -2.20. The summed E-state index contributed by atoms with van der Waals surface area (Å²) in [4.78, 5) is 10.8. The Hall–Kier alpha value is -0.860. The molecule has 2 nitrogen and oxygen atoms in total. The van der Waals surface area contributed by atoms with E-state index in [-0.39, 0.29) is 11.6 Å². The van der Waals surface area contributed by atoms with Gasteiger partial charge in [-0.15, -0.1) is 0 Å². The lowest BCUT2D eigenvalue weighted by molar-refractivity contribution is -0.109. The Labute approximate surface area is 88.3 Å². The second-order valence-electron chi connectivity index (χ2n) is 4.11. The van der Waals surface area contributed by atoms with Crippen molar-refractivity contribution in [3.63, 3.8) is 0 Å². The van der Waals surface area contributed by atoms with Crippen LogP contribution in [-0.4, -0.2) is 6.29 Å². The van der Waals surface area contributed by atoms with E-state index in [0.29, 0.717) is 5.02 Å². The van der Waals surface area contributed by atoms with Gasteiger partial charge in [0.05, 0.1) is 6.04 Å². The molecule has 74 valence electrons. The van der Waals surface area contributed by atoms with E-state index in [4.69, 9.17) is 11.6 Å². The van der Waals surface area contributed by atoms with Gasteiger partial charge in [-0.05, 0) is 37.1 Å². The molecule has 0 radical (unpaired) electrons. The Kier molecular flexibility index (Phi) is 2.13. The average molecular weight is 210 g/mol. The highest BCUT2D eigenvalue weighted by molar-refractivity contribution is 6.30. The minimum Gasteiger partial charge on any atom is -0.301 e. The first-order chi connectivity index (χ1) is 6.54. The first kappa shape index (κ1) is 9.69. The van der Waals surface area contributed by atoms with E-state index in [1.165, 1.54) is 0 Å². The van der Waals surface area contributed by atoms with Crippen LogP contribution in [-0.2, 0) is 10.3 Å². The Balaban J connectivity index is 2.59. The van der Waals surface area contributed by atoms with E-state index >= 15 is 0 Å². The highest BCUT2D eigenvalue weighted by Crippen LogP contribution is 2.37. The molecule has 0 saturated heterocycles. The van der Waals surface area contributed by atoms with Gasteiger partial charge in [0.15, 0.2) is 0 Å². The Morgan fingerprint density at radius 2 is 2.21 bits per heavy atom. The molecule has 1 atom stereocenters. The molecule has 0 fully saturated rings. The number of nitrogens with one attached hydrogen (secondary N) is 1. The van der Waals surface area contributed by atoms with E-state index in [1.54, 1.807) is 0 Å². The van der Waals surface area contributed by atoms with Crippen molar-refractivity contribution in [2.45, 2.75) is 25.4 Å². The summed E-state index contributed by atoms with van der Waals surface area (Å²) in [5.74, 6) is 0. The van der Waals surface area contributed by atoms with E-state index in [2.05, 4.69) is 5.32 Å². The molecule has 0 aromatic heterocycles. The topological polar surface area (TPSA) is 29.1 Å². The van der Waals surface area contributed by atoms with Gasteiger partial charge < -0.3 is 4.79 Å². The predicted molar refractivity (Wildman–Crippen MR) is 56.4 cm³/mol. The molecular weight excluding hydrogens is 198 g/mol. The zero-order valence-corrected chi connectivity index (χ0v) is 8.93. The minimum atomic E-state index is -0.197. The molecule has 0 saturated carbocycles. The van der Waals surface area contributed by atoms with Gasteiger partial charge in [0.25, 0.3) is 0 Å². The van der Waals surface area contributed by atoms with E-state index in [1.807, 2.05) is 32.0 Å². The van der Waals surface area contributed by atoms with Crippen LogP contribution in [0.15, 0.2) is 18.2 Å². The number of halogens is 1. The minimum absolute atomic E-state index is 0.175. The van der Waals surface area contributed by atoms with Gasteiger partial charge in [0.1, 0.15) is 6.29 Å². The number of carbonyl (C=O) groups excluding carboxylic acids is 1. The molecule has 1 aliphatic rings. The van der Waals surface area contributed by atoms with Gasteiger partial charge in [0, 0.05) is 10.6 Å². The average Bonchev–Trinajstić information content (AvgIpc) is 2.38. The molecule has 14 heavy (non-hydrogen) atoms. The lowest BCUT2D eigenvalue weighted by Crippen LogP contribution is -2.32. The quantitative estimate of drug-likeness (QED) is 0.720. The third-order valence-electron chi connectivity index (χ3n) is 2.68. The summed E-state index contributed by atoms with van der Waals surface area (Å²) in [5.41, 5.74) is 1.97. The largest absolute Gasteiger partial charge is 0.301 e. The first-order valence-electron chi connectivity index (χ1n) is 4.57. The van der Waals surface area contributed by atoms with Crippen molar-refractivity contribution in [3.05, 3.63) is 34.3 Å². The van der Waals surface area contributed by atoms with Gasteiger partial charge >= 0.3 is 0 Å². The van der Waals surface area contributed by atoms with Crippen molar-refractivity contribution in [2.24, 2.45) is 0 Å². The number of hydrogen-bond donors (Lipinski definition) is 1. The van der Waals surface area contributed by atoms with Crippen LogP contribution in [0, 0.1) is 0 Å². The van der Waals surface area contributed by atoms with Crippen molar-refractivity contribution in [1.82, 2.24) is 5.32 Å². The third-order valence-corrected chi connectivity index (χ3v) is 2.91. The van der Waals surface area contributed by atoms with Crippen molar-refractivity contribution in [3.8, 4) is 0 Å². The van der Waals surface area contributed by atoms with Crippen molar-refractivity contribution < 1.29 is 4.79 Å². The lowest BCUT2D eigenvalue weighted by atomic mass is 9.94. The SMILES string of the molecule is CC1(C)NC(C=O)c2ccc(Cl)cc21. The third kappa shape index (κ3) is 1.35. The Morgan fingerprint density at radius 3 is 2.86 bits per heavy atom. The van der Waals surface area contributed by atoms with Gasteiger partial charge in [-0.25, -0.2) is 0 Å². The maximum atomic E-state index is 10.8. The summed E-state index contributed by atoms with van der Waals surface area (Å²) < 4.78 is 0. The van der Waals surface area contributed by atoms with Crippen LogP contribution in [0.25, 0.3) is 0 Å². The predicted octanol–water partition coefficient (Wildman–Crippen LogP) is 2.42. The highest BCUT2D eigenvalue weighted by atomic mass is 35.5. The fourth-order valence-electron chi connectivity index (χ4n) is 1.99. The summed E-state index contributed by atoms with van der Waals surface area (Å²) in [6.07, 6.45) is 0.932. The summed E-state index contributed by atoms with van der Waals surface area (Å²) >= 11 is 5.93. The van der Waals surface area contributed by atoms with Crippen LogP contribution < -0.4 is 5.32 Å². The summed E-state index contributed by atoms with van der Waals surface area (Å²) in [5, 5.41) is 3.96. The maximum Gasteiger partial charge on any atom is 0.141 e. The van der Waals surface area contributed by atoms with Crippen molar-refractivity contribution in [2.75, 3.05) is 0 Å². The molecule has 0 spiro atoms. The van der Waals surface area contributed by atoms with E-state index < -0.39 is 0 Å². The Bertz CT molecular complexity index is 387. The molecule has 1 aliphatic heterocycles. The molecule has 0 bridgehead atoms. The van der Waals surface area contributed by atoms with Gasteiger partial charge in [-0.3, -0.25) is 5.32 Å². The smallest absolute Gasteiger partial charge is 0.141 e. The van der Waals surface area contributed by atoms with Crippen LogP contribution in [0.4, 0.5) is 0 Å². The number of carbonyl (C=O) groups is 1. The summed E-state index contributed by atoms with van der Waals surface area (Å²) in [7, 11) is 0. The molecule has 1 N–H and O–H groups in total. The fourth-order valence-corrected chi connectivity index (χ4v) is 2.16. The normalized spacial score (nSPS) is 23.2. The number of hydrogen-bond acceptors (Lipinski definition) is 2. The molecule has 1 aromatic rings. The number of fused-ring (bicyclic) bond motifs is 1. The second kappa shape index (κ2) is 3.07. The summed E-state index contributed by atoms with van der Waals surface area (Å²) in [6.45, 7) is 4.09. The monoisotopic (exact) mass is 209 g/mol. The molecule has 1 heterocycles. The molecular formula is C11H12ClNO. The van der Waals surface area contributed by atoms with E-state index in [9.17, 15) is 4.79 Å². The molecule has 2 rings (SSSR count). The van der Waals surface area contributed by atoms with Crippen LogP contribution in [0.3, 0.4) is 0 Å². The molecule has 0 aliphatic carbocycles. The number of aldehydes is 1. The van der Waals surface area contributed by atoms with Gasteiger partial charge in [0.2, 0.25) is 0 Å². The van der Waals surface area contributed by atoms with Gasteiger partial charge in [-0.2, -0.15) is 0 Å². The van der Waals surface area contributed by atoms with Crippen molar-refractivity contribution >= 4 is 17.9 Å². The molecule has 1 aromatic carbocycles. The first-order valence-corrected chi connectivity index (χ1v) is 4.95. The fraction of sp³-hybridized carbons (Fsp3) is 0.364.